The predicted molar refractivity (Wildman–Crippen MR) is 70.2 cm³/mol. The lowest BCUT2D eigenvalue weighted by molar-refractivity contribution is 0.0735. The molecule has 1 aromatic rings. The Morgan fingerprint density at radius 2 is 2.17 bits per heavy atom. The third-order valence-electron chi connectivity index (χ3n) is 3.70. The number of nitrogen functional groups attached to an aromatic ring is 1. The van der Waals surface area contributed by atoms with Gasteiger partial charge in [-0.2, -0.15) is 0 Å². The van der Waals surface area contributed by atoms with E-state index in [-0.39, 0.29) is 5.91 Å². The summed E-state index contributed by atoms with van der Waals surface area (Å²) < 4.78 is 0. The number of carbonyl (C=O) groups excluding carboxylic acids is 1. The van der Waals surface area contributed by atoms with Gasteiger partial charge in [0.1, 0.15) is 0 Å². The van der Waals surface area contributed by atoms with E-state index in [9.17, 15) is 4.79 Å². The Hall–Kier alpha value is -1.58. The van der Waals surface area contributed by atoms with Crippen molar-refractivity contribution < 1.29 is 4.79 Å². The minimum atomic E-state index is 0.0643. The Kier molecular flexibility index (Phi) is 2.73. The molecule has 4 heteroatoms. The highest BCUT2D eigenvalue weighted by Crippen LogP contribution is 2.36. The fourth-order valence-electron chi connectivity index (χ4n) is 2.28. The molecule has 18 heavy (non-hydrogen) atoms. The van der Waals surface area contributed by atoms with E-state index in [0.29, 0.717) is 23.2 Å². The van der Waals surface area contributed by atoms with Crippen LogP contribution in [0.4, 0.5) is 5.69 Å². The number of carbonyl (C=O) groups is 1. The van der Waals surface area contributed by atoms with Crippen molar-refractivity contribution in [3.8, 4) is 0 Å². The normalized spacial score (nSPS) is 18.7. The molecule has 0 saturated heterocycles. The minimum Gasteiger partial charge on any atom is -0.398 e. The molecular weight excluding hydrogens is 226 g/mol. The highest BCUT2D eigenvalue weighted by atomic mass is 16.2. The molecule has 1 aromatic heterocycles. The second-order valence-corrected chi connectivity index (χ2v) is 5.54. The Morgan fingerprint density at radius 3 is 2.72 bits per heavy atom. The van der Waals surface area contributed by atoms with Gasteiger partial charge in [-0.1, -0.05) is 0 Å². The molecule has 2 aliphatic carbocycles. The van der Waals surface area contributed by atoms with Crippen molar-refractivity contribution >= 4 is 11.6 Å². The lowest BCUT2D eigenvalue weighted by atomic mass is 10.1. The van der Waals surface area contributed by atoms with Crippen LogP contribution >= 0.6 is 0 Å². The number of rotatable bonds is 4. The van der Waals surface area contributed by atoms with Crippen molar-refractivity contribution in [2.75, 3.05) is 12.3 Å². The van der Waals surface area contributed by atoms with E-state index in [1.165, 1.54) is 12.8 Å². The van der Waals surface area contributed by atoms with Crippen LogP contribution < -0.4 is 5.73 Å². The Labute approximate surface area is 107 Å². The van der Waals surface area contributed by atoms with Crippen LogP contribution in [-0.4, -0.2) is 28.4 Å². The summed E-state index contributed by atoms with van der Waals surface area (Å²) in [5.41, 5.74) is 7.90. The number of hydrogen-bond acceptors (Lipinski definition) is 3. The first-order valence-corrected chi connectivity index (χ1v) is 6.68. The SMILES string of the molecule is Cc1cc(N)c(C(=O)N(CC2CC2)C2CC2)cn1. The van der Waals surface area contributed by atoms with Gasteiger partial charge in [-0.25, -0.2) is 0 Å². The molecule has 4 nitrogen and oxygen atoms in total. The number of nitrogens with two attached hydrogens (primary N) is 1. The van der Waals surface area contributed by atoms with Gasteiger partial charge in [0.05, 0.1) is 5.56 Å². The number of amides is 1. The van der Waals surface area contributed by atoms with Gasteiger partial charge in [-0.15, -0.1) is 0 Å². The quantitative estimate of drug-likeness (QED) is 0.882. The molecule has 0 unspecified atom stereocenters. The van der Waals surface area contributed by atoms with Crippen LogP contribution in [0, 0.1) is 12.8 Å². The average molecular weight is 245 g/mol. The smallest absolute Gasteiger partial charge is 0.257 e. The summed E-state index contributed by atoms with van der Waals surface area (Å²) in [6.45, 7) is 2.78. The number of nitrogens with zero attached hydrogens (tertiary/aromatic N) is 2. The van der Waals surface area contributed by atoms with Crippen molar-refractivity contribution in [2.24, 2.45) is 5.92 Å². The monoisotopic (exact) mass is 245 g/mol. The predicted octanol–water partition coefficient (Wildman–Crippen LogP) is 1.99. The second-order valence-electron chi connectivity index (χ2n) is 5.54. The molecule has 0 aromatic carbocycles. The maximum atomic E-state index is 12.5. The Morgan fingerprint density at radius 1 is 1.44 bits per heavy atom. The van der Waals surface area contributed by atoms with Crippen LogP contribution in [0.1, 0.15) is 41.7 Å². The molecule has 0 atom stereocenters. The fraction of sp³-hybridized carbons (Fsp3) is 0.571. The lowest BCUT2D eigenvalue weighted by Crippen LogP contribution is -2.35. The van der Waals surface area contributed by atoms with E-state index in [0.717, 1.165) is 25.1 Å². The van der Waals surface area contributed by atoms with E-state index < -0.39 is 0 Å². The van der Waals surface area contributed by atoms with Crippen molar-refractivity contribution in [3.05, 3.63) is 23.5 Å². The zero-order chi connectivity index (χ0) is 12.7. The van der Waals surface area contributed by atoms with Crippen LogP contribution in [0.2, 0.25) is 0 Å². The number of aromatic nitrogens is 1. The topological polar surface area (TPSA) is 59.2 Å². The lowest BCUT2D eigenvalue weighted by Gasteiger charge is -2.23. The summed E-state index contributed by atoms with van der Waals surface area (Å²) >= 11 is 0. The van der Waals surface area contributed by atoms with E-state index in [4.69, 9.17) is 5.73 Å². The maximum Gasteiger partial charge on any atom is 0.257 e. The molecule has 1 heterocycles. The zero-order valence-corrected chi connectivity index (χ0v) is 10.7. The molecule has 2 aliphatic rings. The molecule has 2 fully saturated rings. The van der Waals surface area contributed by atoms with Gasteiger partial charge >= 0.3 is 0 Å². The van der Waals surface area contributed by atoms with Crippen molar-refractivity contribution in [1.29, 1.82) is 0 Å². The van der Waals surface area contributed by atoms with E-state index in [2.05, 4.69) is 4.98 Å². The number of hydrogen-bond donors (Lipinski definition) is 1. The summed E-state index contributed by atoms with van der Waals surface area (Å²) in [5.74, 6) is 0.781. The molecule has 0 bridgehead atoms. The third kappa shape index (κ3) is 2.33. The van der Waals surface area contributed by atoms with Gasteiger partial charge < -0.3 is 10.6 Å². The summed E-state index contributed by atoms with van der Waals surface area (Å²) in [6.07, 6.45) is 6.42. The highest BCUT2D eigenvalue weighted by molar-refractivity contribution is 5.99. The number of pyridine rings is 1. The standard InChI is InChI=1S/C14H19N3O/c1-9-6-13(15)12(7-16-9)14(18)17(11-4-5-11)8-10-2-3-10/h6-7,10-11H,2-5,8H2,1H3,(H2,15,16). The van der Waals surface area contributed by atoms with E-state index in [1.807, 2.05) is 11.8 Å². The Balaban J connectivity index is 1.81. The average Bonchev–Trinajstić information content (AvgIpc) is 3.18. The second kappa shape index (κ2) is 4.26. The van der Waals surface area contributed by atoms with Crippen molar-refractivity contribution in [2.45, 2.75) is 38.6 Å². The van der Waals surface area contributed by atoms with Gasteiger partial charge in [0.25, 0.3) is 5.91 Å². The molecule has 2 saturated carbocycles. The largest absolute Gasteiger partial charge is 0.398 e. The summed E-state index contributed by atoms with van der Waals surface area (Å²) in [4.78, 5) is 18.7. The first-order chi connectivity index (χ1) is 8.65. The molecule has 2 N–H and O–H groups in total. The molecule has 0 spiro atoms. The van der Waals surface area contributed by atoms with Crippen LogP contribution in [0.5, 0.6) is 0 Å². The van der Waals surface area contributed by atoms with Gasteiger partial charge in [-0.3, -0.25) is 9.78 Å². The van der Waals surface area contributed by atoms with Gasteiger partial charge in [0, 0.05) is 30.2 Å². The first kappa shape index (κ1) is 11.5. The van der Waals surface area contributed by atoms with Crippen molar-refractivity contribution in [3.63, 3.8) is 0 Å². The molecule has 1 amide bonds. The fourth-order valence-corrected chi connectivity index (χ4v) is 2.28. The molecular formula is C14H19N3O. The molecule has 0 aliphatic heterocycles. The minimum absolute atomic E-state index is 0.0643. The summed E-state index contributed by atoms with van der Waals surface area (Å²) in [5, 5.41) is 0. The third-order valence-corrected chi connectivity index (χ3v) is 3.70. The number of anilines is 1. The first-order valence-electron chi connectivity index (χ1n) is 6.68. The molecule has 96 valence electrons. The number of aryl methyl sites for hydroxylation is 1. The molecule has 0 radical (unpaired) electrons. The van der Waals surface area contributed by atoms with Crippen LogP contribution in [-0.2, 0) is 0 Å². The summed E-state index contributed by atoms with van der Waals surface area (Å²) in [7, 11) is 0. The highest BCUT2D eigenvalue weighted by Gasteiger charge is 2.37. The van der Waals surface area contributed by atoms with Gasteiger partial charge in [-0.05, 0) is 44.6 Å². The van der Waals surface area contributed by atoms with Crippen LogP contribution in [0.25, 0.3) is 0 Å². The van der Waals surface area contributed by atoms with Crippen LogP contribution in [0.15, 0.2) is 12.3 Å². The Bertz CT molecular complexity index is 478. The van der Waals surface area contributed by atoms with E-state index >= 15 is 0 Å². The van der Waals surface area contributed by atoms with Crippen molar-refractivity contribution in [1.82, 2.24) is 9.88 Å². The zero-order valence-electron chi connectivity index (χ0n) is 10.7. The molecule has 3 rings (SSSR count). The van der Waals surface area contributed by atoms with E-state index in [1.54, 1.807) is 12.3 Å². The van der Waals surface area contributed by atoms with Gasteiger partial charge in [0.15, 0.2) is 0 Å². The van der Waals surface area contributed by atoms with Gasteiger partial charge in [0.2, 0.25) is 0 Å². The summed E-state index contributed by atoms with van der Waals surface area (Å²) in [6, 6.07) is 2.22. The maximum absolute atomic E-state index is 12.5. The van der Waals surface area contributed by atoms with Crippen LogP contribution in [0.3, 0.4) is 0 Å².